The highest BCUT2D eigenvalue weighted by Gasteiger charge is 2.11. The van der Waals surface area contributed by atoms with Crippen molar-refractivity contribution >= 4 is 46.4 Å². The van der Waals surface area contributed by atoms with Crippen LogP contribution in [0.3, 0.4) is 0 Å². The largest absolute Gasteiger partial charge is 0.481 e. The topological polar surface area (TPSA) is 63.8 Å². The zero-order chi connectivity index (χ0) is 17.0. The average molecular weight is 376 g/mol. The van der Waals surface area contributed by atoms with Crippen molar-refractivity contribution in [2.24, 2.45) is 5.10 Å². The lowest BCUT2D eigenvalue weighted by atomic mass is 10.3. The van der Waals surface area contributed by atoms with Crippen molar-refractivity contribution in [3.8, 4) is 5.75 Å². The van der Waals surface area contributed by atoms with E-state index in [1.54, 1.807) is 13.0 Å². The number of benzene rings is 1. The molecular formula is C15H13Cl3N2O3. The Balaban J connectivity index is 1.93. The third-order valence-corrected chi connectivity index (χ3v) is 3.54. The summed E-state index contributed by atoms with van der Waals surface area (Å²) < 4.78 is 10.7. The van der Waals surface area contributed by atoms with Crippen molar-refractivity contribution < 1.29 is 13.9 Å². The van der Waals surface area contributed by atoms with Crippen LogP contribution in [-0.2, 0) is 4.79 Å². The van der Waals surface area contributed by atoms with Crippen LogP contribution in [0.4, 0.5) is 0 Å². The summed E-state index contributed by atoms with van der Waals surface area (Å²) >= 11 is 17.7. The van der Waals surface area contributed by atoms with Crippen LogP contribution in [0.2, 0.25) is 15.1 Å². The number of nitrogens with zero attached hydrogens (tertiary/aromatic N) is 1. The standard InChI is InChI=1S/C15H13Cl3N2O3/c1-8-3-4-13(23-8)9(2)19-20-14(21)7-22-15-11(17)5-10(16)6-12(15)18/h3-6H,7H2,1-2H3,(H,20,21). The van der Waals surface area contributed by atoms with Gasteiger partial charge in [-0.05, 0) is 38.1 Å². The molecule has 23 heavy (non-hydrogen) atoms. The monoisotopic (exact) mass is 374 g/mol. The maximum absolute atomic E-state index is 11.8. The Morgan fingerprint density at radius 1 is 1.26 bits per heavy atom. The van der Waals surface area contributed by atoms with Crippen molar-refractivity contribution in [2.45, 2.75) is 13.8 Å². The number of hydrogen-bond donors (Lipinski definition) is 1. The van der Waals surface area contributed by atoms with E-state index in [1.807, 2.05) is 13.0 Å². The average Bonchev–Trinajstić information content (AvgIpc) is 2.90. The molecule has 1 N–H and O–H groups in total. The van der Waals surface area contributed by atoms with Gasteiger partial charge in [0.1, 0.15) is 17.2 Å². The second-order valence-corrected chi connectivity index (χ2v) is 5.88. The number of halogens is 3. The Labute approximate surface area is 148 Å². The molecule has 0 unspecified atom stereocenters. The zero-order valence-electron chi connectivity index (χ0n) is 12.3. The van der Waals surface area contributed by atoms with Gasteiger partial charge in [0.15, 0.2) is 12.4 Å². The fourth-order valence-corrected chi connectivity index (χ4v) is 2.59. The van der Waals surface area contributed by atoms with Crippen molar-refractivity contribution in [1.82, 2.24) is 5.43 Å². The van der Waals surface area contributed by atoms with Gasteiger partial charge in [-0.2, -0.15) is 5.10 Å². The molecule has 0 aliphatic carbocycles. The zero-order valence-corrected chi connectivity index (χ0v) is 14.6. The molecule has 1 amide bonds. The Hall–Kier alpha value is -1.69. The number of nitrogens with one attached hydrogen (secondary N) is 1. The van der Waals surface area contributed by atoms with Gasteiger partial charge >= 0.3 is 0 Å². The Morgan fingerprint density at radius 3 is 2.48 bits per heavy atom. The van der Waals surface area contributed by atoms with Crippen LogP contribution < -0.4 is 10.2 Å². The molecule has 0 saturated carbocycles. The molecule has 0 saturated heterocycles. The van der Waals surface area contributed by atoms with Crippen molar-refractivity contribution in [2.75, 3.05) is 6.61 Å². The lowest BCUT2D eigenvalue weighted by Gasteiger charge is -2.09. The molecule has 0 radical (unpaired) electrons. The van der Waals surface area contributed by atoms with E-state index in [0.717, 1.165) is 5.76 Å². The second kappa shape index (κ2) is 7.73. The van der Waals surface area contributed by atoms with Gasteiger partial charge in [0, 0.05) is 5.02 Å². The lowest BCUT2D eigenvalue weighted by Crippen LogP contribution is -2.25. The Bertz CT molecular complexity index is 733. The van der Waals surface area contributed by atoms with Crippen LogP contribution in [0.1, 0.15) is 18.4 Å². The first-order chi connectivity index (χ1) is 10.9. The summed E-state index contributed by atoms with van der Waals surface area (Å²) in [4.78, 5) is 11.8. The van der Waals surface area contributed by atoms with E-state index in [0.29, 0.717) is 16.5 Å². The molecule has 0 aliphatic rings. The SMILES string of the molecule is CC(=NNC(=O)COc1c(Cl)cc(Cl)cc1Cl)c1ccc(C)o1. The van der Waals surface area contributed by atoms with Crippen LogP contribution in [-0.4, -0.2) is 18.2 Å². The van der Waals surface area contributed by atoms with Crippen LogP contribution in [0, 0.1) is 6.92 Å². The third-order valence-electron chi connectivity index (χ3n) is 2.76. The minimum Gasteiger partial charge on any atom is -0.481 e. The van der Waals surface area contributed by atoms with Gasteiger partial charge in [0.2, 0.25) is 0 Å². The smallest absolute Gasteiger partial charge is 0.277 e. The number of hydrogen-bond acceptors (Lipinski definition) is 4. The first-order valence-corrected chi connectivity index (χ1v) is 7.67. The van der Waals surface area contributed by atoms with Gasteiger partial charge in [-0.1, -0.05) is 34.8 Å². The van der Waals surface area contributed by atoms with E-state index >= 15 is 0 Å². The van der Waals surface area contributed by atoms with Gasteiger partial charge in [-0.3, -0.25) is 4.79 Å². The predicted molar refractivity (Wildman–Crippen MR) is 90.8 cm³/mol. The quantitative estimate of drug-likeness (QED) is 0.619. The Kier molecular flexibility index (Phi) is 5.93. The summed E-state index contributed by atoms with van der Waals surface area (Å²) in [5.74, 6) is 1.06. The highest BCUT2D eigenvalue weighted by Crippen LogP contribution is 2.35. The van der Waals surface area contributed by atoms with Gasteiger partial charge in [0.05, 0.1) is 10.0 Å². The summed E-state index contributed by atoms with van der Waals surface area (Å²) in [7, 11) is 0. The third kappa shape index (κ3) is 4.89. The molecule has 2 rings (SSSR count). The molecule has 0 aliphatic heterocycles. The maximum atomic E-state index is 11.8. The highest BCUT2D eigenvalue weighted by molar-refractivity contribution is 6.40. The van der Waals surface area contributed by atoms with Gasteiger partial charge in [0.25, 0.3) is 5.91 Å². The number of amides is 1. The molecule has 5 nitrogen and oxygen atoms in total. The minimum absolute atomic E-state index is 0.190. The summed E-state index contributed by atoms with van der Waals surface area (Å²) in [6.45, 7) is 3.24. The Morgan fingerprint density at radius 2 is 1.91 bits per heavy atom. The van der Waals surface area contributed by atoms with E-state index in [-0.39, 0.29) is 22.4 Å². The molecule has 0 spiro atoms. The molecule has 2 aromatic rings. The number of rotatable bonds is 5. The highest BCUT2D eigenvalue weighted by atomic mass is 35.5. The van der Waals surface area contributed by atoms with Crippen LogP contribution in [0.25, 0.3) is 0 Å². The van der Waals surface area contributed by atoms with E-state index in [4.69, 9.17) is 44.0 Å². The van der Waals surface area contributed by atoms with Gasteiger partial charge in [-0.15, -0.1) is 0 Å². The first-order valence-electron chi connectivity index (χ1n) is 6.54. The number of carbonyl (C=O) groups excluding carboxylic acids is 1. The van der Waals surface area contributed by atoms with E-state index < -0.39 is 5.91 Å². The first kappa shape index (κ1) is 17.7. The van der Waals surface area contributed by atoms with E-state index in [9.17, 15) is 4.79 Å². The summed E-state index contributed by atoms with van der Waals surface area (Å²) in [5, 5.41) is 4.76. The number of ether oxygens (including phenoxy) is 1. The molecule has 0 atom stereocenters. The number of hydrazone groups is 1. The fourth-order valence-electron chi connectivity index (χ4n) is 1.67. The molecule has 1 aromatic carbocycles. The molecule has 1 heterocycles. The maximum Gasteiger partial charge on any atom is 0.277 e. The lowest BCUT2D eigenvalue weighted by molar-refractivity contribution is -0.123. The van der Waals surface area contributed by atoms with Crippen molar-refractivity contribution in [3.63, 3.8) is 0 Å². The number of carbonyl (C=O) groups is 1. The second-order valence-electron chi connectivity index (χ2n) is 4.63. The van der Waals surface area contributed by atoms with Crippen molar-refractivity contribution in [1.29, 1.82) is 0 Å². The number of furan rings is 1. The molecule has 0 bridgehead atoms. The van der Waals surface area contributed by atoms with Gasteiger partial charge < -0.3 is 9.15 Å². The van der Waals surface area contributed by atoms with Crippen LogP contribution >= 0.6 is 34.8 Å². The fraction of sp³-hybridized carbons (Fsp3) is 0.200. The molecule has 122 valence electrons. The molecule has 0 fully saturated rings. The van der Waals surface area contributed by atoms with Crippen LogP contribution in [0.5, 0.6) is 5.75 Å². The predicted octanol–water partition coefficient (Wildman–Crippen LogP) is 4.47. The summed E-state index contributed by atoms with van der Waals surface area (Å²) in [6, 6.07) is 6.53. The van der Waals surface area contributed by atoms with E-state index in [1.165, 1.54) is 12.1 Å². The molecule has 8 heteroatoms. The van der Waals surface area contributed by atoms with Gasteiger partial charge in [-0.25, -0.2) is 5.43 Å². The van der Waals surface area contributed by atoms with Crippen molar-refractivity contribution in [3.05, 3.63) is 50.9 Å². The normalized spacial score (nSPS) is 11.4. The molecular weight excluding hydrogens is 363 g/mol. The summed E-state index contributed by atoms with van der Waals surface area (Å²) in [6.07, 6.45) is 0. The number of aryl methyl sites for hydroxylation is 1. The van der Waals surface area contributed by atoms with E-state index in [2.05, 4.69) is 10.5 Å². The minimum atomic E-state index is -0.463. The summed E-state index contributed by atoms with van der Waals surface area (Å²) in [5.41, 5.74) is 2.90. The molecule has 1 aromatic heterocycles. The van der Waals surface area contributed by atoms with Crippen LogP contribution in [0.15, 0.2) is 33.8 Å².